The van der Waals surface area contributed by atoms with Gasteiger partial charge in [0.1, 0.15) is 11.9 Å². The lowest BCUT2D eigenvalue weighted by Crippen LogP contribution is -2.44. The summed E-state index contributed by atoms with van der Waals surface area (Å²) in [5, 5.41) is 20.6. The Morgan fingerprint density at radius 2 is 2.09 bits per heavy atom. The van der Waals surface area contributed by atoms with Gasteiger partial charge in [0.15, 0.2) is 0 Å². The van der Waals surface area contributed by atoms with Gasteiger partial charge in [0.2, 0.25) is 0 Å². The minimum atomic E-state index is -1.08. The van der Waals surface area contributed by atoms with Crippen molar-refractivity contribution in [2.45, 2.75) is 57.2 Å². The average Bonchev–Trinajstić information content (AvgIpc) is 2.74. The summed E-state index contributed by atoms with van der Waals surface area (Å²) in [5.41, 5.74) is 2.03. The molecule has 0 amide bonds. The lowest BCUT2D eigenvalue weighted by atomic mass is 9.55. The Labute approximate surface area is 135 Å². The average molecular weight is 325 g/mol. The highest BCUT2D eigenvalue weighted by atomic mass is 35.5. The van der Waals surface area contributed by atoms with Gasteiger partial charge in [0.05, 0.1) is 11.1 Å². The third-order valence-electron chi connectivity index (χ3n) is 6.76. The van der Waals surface area contributed by atoms with Crippen LogP contribution in [-0.4, -0.2) is 22.5 Å². The van der Waals surface area contributed by atoms with E-state index in [4.69, 9.17) is 11.6 Å². The minimum absolute atomic E-state index is 0.152. The van der Waals surface area contributed by atoms with Crippen molar-refractivity contribution in [1.82, 2.24) is 0 Å². The molecule has 3 aliphatic rings. The van der Waals surface area contributed by atoms with E-state index in [1.54, 1.807) is 6.07 Å². The van der Waals surface area contributed by atoms with E-state index < -0.39 is 12.3 Å². The van der Waals surface area contributed by atoms with Gasteiger partial charge in [-0.05, 0) is 72.5 Å². The SMILES string of the molecule is C[C@]12CC[C@@H]3c4ccc(O)c(Cl)c4CC[C@H]3[C@@H]1C[C@@H](F)[C@@H]2O. The normalized spacial score (nSPS) is 43.4. The first-order valence-electron chi connectivity index (χ1n) is 8.26. The standard InChI is InChI=1S/C18H22ClFO2/c1-18-7-6-10-9-4-5-15(21)16(19)12(9)3-2-11(10)13(18)8-14(20)17(18)22/h4-5,10-11,13-14,17,21-22H,2-3,6-8H2,1H3/t10-,11-,13+,14-,17+,18+/m1/s1. The summed E-state index contributed by atoms with van der Waals surface area (Å²) in [6, 6.07) is 3.67. The third-order valence-corrected chi connectivity index (χ3v) is 7.18. The molecule has 0 heterocycles. The minimum Gasteiger partial charge on any atom is -0.506 e. The number of hydrogen-bond donors (Lipinski definition) is 2. The fourth-order valence-electron chi connectivity index (χ4n) is 5.56. The van der Waals surface area contributed by atoms with Gasteiger partial charge in [0.25, 0.3) is 0 Å². The van der Waals surface area contributed by atoms with Crippen LogP contribution >= 0.6 is 11.6 Å². The lowest BCUT2D eigenvalue weighted by molar-refractivity contribution is -0.0365. The van der Waals surface area contributed by atoms with E-state index in [0.29, 0.717) is 23.3 Å². The molecule has 2 saturated carbocycles. The highest BCUT2D eigenvalue weighted by Gasteiger charge is 2.58. The topological polar surface area (TPSA) is 40.5 Å². The molecular weight excluding hydrogens is 303 g/mol. The molecule has 4 heteroatoms. The van der Waals surface area contributed by atoms with E-state index in [1.165, 1.54) is 5.56 Å². The zero-order valence-corrected chi connectivity index (χ0v) is 13.5. The molecule has 3 aliphatic carbocycles. The van der Waals surface area contributed by atoms with E-state index in [9.17, 15) is 14.6 Å². The van der Waals surface area contributed by atoms with Crippen LogP contribution in [0.1, 0.15) is 49.7 Å². The van der Waals surface area contributed by atoms with Crippen LogP contribution in [0.25, 0.3) is 0 Å². The summed E-state index contributed by atoms with van der Waals surface area (Å²) in [4.78, 5) is 0. The van der Waals surface area contributed by atoms with Crippen molar-refractivity contribution >= 4 is 11.6 Å². The van der Waals surface area contributed by atoms with Crippen molar-refractivity contribution in [2.24, 2.45) is 17.3 Å². The van der Waals surface area contributed by atoms with Crippen LogP contribution in [0, 0.1) is 17.3 Å². The van der Waals surface area contributed by atoms with Crippen molar-refractivity contribution < 1.29 is 14.6 Å². The fraction of sp³-hybridized carbons (Fsp3) is 0.667. The zero-order chi connectivity index (χ0) is 15.6. The summed E-state index contributed by atoms with van der Waals surface area (Å²) in [6.45, 7) is 2.07. The molecule has 0 aromatic heterocycles. The lowest BCUT2D eigenvalue weighted by Gasteiger charge is -2.49. The first kappa shape index (κ1) is 14.8. The van der Waals surface area contributed by atoms with Crippen LogP contribution in [0.15, 0.2) is 12.1 Å². The first-order valence-corrected chi connectivity index (χ1v) is 8.63. The quantitative estimate of drug-likeness (QED) is 0.750. The number of aliphatic hydroxyl groups excluding tert-OH is 1. The van der Waals surface area contributed by atoms with Crippen molar-refractivity contribution in [3.63, 3.8) is 0 Å². The van der Waals surface area contributed by atoms with Crippen molar-refractivity contribution in [1.29, 1.82) is 0 Å². The van der Waals surface area contributed by atoms with Crippen LogP contribution in [0.3, 0.4) is 0 Å². The predicted octanol–water partition coefficient (Wildman–Crippen LogP) is 4.21. The molecule has 2 fully saturated rings. The molecule has 0 radical (unpaired) electrons. The maximum Gasteiger partial charge on any atom is 0.134 e. The summed E-state index contributed by atoms with van der Waals surface area (Å²) >= 11 is 6.28. The third kappa shape index (κ3) is 1.81. The van der Waals surface area contributed by atoms with Crippen molar-refractivity contribution in [3.8, 4) is 5.75 Å². The number of hydrogen-bond acceptors (Lipinski definition) is 2. The molecule has 1 aromatic rings. The number of alkyl halides is 1. The number of benzene rings is 1. The molecule has 22 heavy (non-hydrogen) atoms. The Hall–Kier alpha value is -0.800. The highest BCUT2D eigenvalue weighted by Crippen LogP contribution is 2.61. The number of fused-ring (bicyclic) bond motifs is 5. The summed E-state index contributed by atoms with van der Waals surface area (Å²) in [7, 11) is 0. The molecule has 0 aliphatic heterocycles. The molecular formula is C18H22ClFO2. The number of aliphatic hydroxyl groups is 1. The van der Waals surface area contributed by atoms with Gasteiger partial charge in [0, 0.05) is 0 Å². The van der Waals surface area contributed by atoms with E-state index in [-0.39, 0.29) is 17.1 Å². The van der Waals surface area contributed by atoms with Gasteiger partial charge < -0.3 is 10.2 Å². The summed E-state index contributed by atoms with van der Waals surface area (Å²) in [5.74, 6) is 1.20. The second-order valence-electron chi connectivity index (χ2n) is 7.62. The summed E-state index contributed by atoms with van der Waals surface area (Å²) < 4.78 is 14.1. The Kier molecular flexibility index (Phi) is 3.25. The van der Waals surface area contributed by atoms with Crippen LogP contribution in [0.5, 0.6) is 5.75 Å². The number of phenolic OH excluding ortho intramolecular Hbond substituents is 1. The fourth-order valence-corrected chi connectivity index (χ4v) is 5.82. The maximum atomic E-state index is 14.1. The molecule has 2 nitrogen and oxygen atoms in total. The largest absolute Gasteiger partial charge is 0.506 e. The predicted molar refractivity (Wildman–Crippen MR) is 84.0 cm³/mol. The number of rotatable bonds is 0. The molecule has 2 N–H and O–H groups in total. The molecule has 0 saturated heterocycles. The van der Waals surface area contributed by atoms with Gasteiger partial charge in [-0.25, -0.2) is 4.39 Å². The molecule has 0 spiro atoms. The van der Waals surface area contributed by atoms with Crippen molar-refractivity contribution in [2.75, 3.05) is 0 Å². The second-order valence-corrected chi connectivity index (χ2v) is 8.00. The van der Waals surface area contributed by atoms with Gasteiger partial charge in [-0.3, -0.25) is 0 Å². The number of aromatic hydroxyl groups is 1. The van der Waals surface area contributed by atoms with Gasteiger partial charge in [-0.2, -0.15) is 0 Å². The number of phenols is 1. The van der Waals surface area contributed by atoms with Crippen LogP contribution in [0.2, 0.25) is 5.02 Å². The van der Waals surface area contributed by atoms with Gasteiger partial charge >= 0.3 is 0 Å². The van der Waals surface area contributed by atoms with Crippen LogP contribution < -0.4 is 0 Å². The number of halogens is 2. The smallest absolute Gasteiger partial charge is 0.134 e. The Morgan fingerprint density at radius 1 is 1.32 bits per heavy atom. The van der Waals surface area contributed by atoms with E-state index in [1.807, 2.05) is 6.07 Å². The first-order chi connectivity index (χ1) is 10.4. The van der Waals surface area contributed by atoms with Crippen LogP contribution in [0.4, 0.5) is 4.39 Å². The Bertz CT molecular complexity index is 619. The van der Waals surface area contributed by atoms with Crippen LogP contribution in [-0.2, 0) is 6.42 Å². The molecule has 120 valence electrons. The molecule has 6 atom stereocenters. The molecule has 0 unspecified atom stereocenters. The van der Waals surface area contributed by atoms with E-state index >= 15 is 0 Å². The Morgan fingerprint density at radius 3 is 2.86 bits per heavy atom. The second kappa shape index (κ2) is 4.85. The molecule has 0 bridgehead atoms. The monoisotopic (exact) mass is 324 g/mol. The van der Waals surface area contributed by atoms with Gasteiger partial charge in [-0.15, -0.1) is 0 Å². The zero-order valence-electron chi connectivity index (χ0n) is 12.7. The Balaban J connectivity index is 1.73. The highest BCUT2D eigenvalue weighted by molar-refractivity contribution is 6.32. The van der Waals surface area contributed by atoms with Gasteiger partial charge in [-0.1, -0.05) is 24.6 Å². The molecule has 4 rings (SSSR count). The van der Waals surface area contributed by atoms with E-state index in [2.05, 4.69) is 6.92 Å². The molecule has 1 aromatic carbocycles. The maximum absolute atomic E-state index is 14.1. The van der Waals surface area contributed by atoms with Crippen molar-refractivity contribution in [3.05, 3.63) is 28.3 Å². The summed E-state index contributed by atoms with van der Waals surface area (Å²) in [6.07, 6.45) is 2.22. The van der Waals surface area contributed by atoms with E-state index in [0.717, 1.165) is 31.2 Å².